The van der Waals surface area contributed by atoms with E-state index in [1.807, 2.05) is 30.3 Å². The van der Waals surface area contributed by atoms with Crippen molar-refractivity contribution < 1.29 is 9.53 Å². The predicted molar refractivity (Wildman–Crippen MR) is 86.9 cm³/mol. The molecule has 122 valence electrons. The molecule has 2 aromatic rings. The molecule has 0 aliphatic heterocycles. The van der Waals surface area contributed by atoms with E-state index in [9.17, 15) is 14.4 Å². The van der Waals surface area contributed by atoms with Crippen LogP contribution >= 0.6 is 0 Å². The van der Waals surface area contributed by atoms with Crippen LogP contribution in [0.5, 0.6) is 0 Å². The Balaban J connectivity index is 2.50. The number of carbonyl (C=O) groups is 1. The molecule has 0 aliphatic rings. The standard InChI is InChI=1S/C17H20N2O4/c1-12-10-19(16(22)23-17(2,3)4)15(21)18(14(12)20)11-13-8-6-5-7-9-13/h5-10H,11H2,1-4H3. The van der Waals surface area contributed by atoms with Crippen LogP contribution < -0.4 is 11.2 Å². The van der Waals surface area contributed by atoms with E-state index in [0.717, 1.165) is 14.7 Å². The van der Waals surface area contributed by atoms with Crippen molar-refractivity contribution in [2.24, 2.45) is 0 Å². The lowest BCUT2D eigenvalue weighted by molar-refractivity contribution is 0.0525. The van der Waals surface area contributed by atoms with E-state index in [1.165, 1.54) is 6.20 Å². The lowest BCUT2D eigenvalue weighted by atomic mass is 10.2. The largest absolute Gasteiger partial charge is 0.443 e. The van der Waals surface area contributed by atoms with Crippen molar-refractivity contribution in [3.63, 3.8) is 0 Å². The Bertz CT molecular complexity index is 826. The highest BCUT2D eigenvalue weighted by Crippen LogP contribution is 2.08. The van der Waals surface area contributed by atoms with Crippen molar-refractivity contribution in [2.75, 3.05) is 0 Å². The molecule has 6 nitrogen and oxygen atoms in total. The molecule has 0 aliphatic carbocycles. The van der Waals surface area contributed by atoms with Crippen LogP contribution in [0.3, 0.4) is 0 Å². The van der Waals surface area contributed by atoms with Crippen LogP contribution in [0.4, 0.5) is 4.79 Å². The topological polar surface area (TPSA) is 70.3 Å². The van der Waals surface area contributed by atoms with E-state index in [4.69, 9.17) is 4.74 Å². The molecule has 2 rings (SSSR count). The highest BCUT2D eigenvalue weighted by molar-refractivity contribution is 5.70. The van der Waals surface area contributed by atoms with Gasteiger partial charge in [-0.05, 0) is 33.3 Å². The highest BCUT2D eigenvalue weighted by atomic mass is 16.6. The predicted octanol–water partition coefficient (Wildman–Crippen LogP) is 2.15. The Morgan fingerprint density at radius 3 is 2.30 bits per heavy atom. The first-order chi connectivity index (χ1) is 10.7. The molecule has 23 heavy (non-hydrogen) atoms. The summed E-state index contributed by atoms with van der Waals surface area (Å²) in [7, 11) is 0. The maximum absolute atomic E-state index is 12.5. The molecule has 0 saturated heterocycles. The van der Waals surface area contributed by atoms with Gasteiger partial charge in [0.05, 0.1) is 6.54 Å². The van der Waals surface area contributed by atoms with Crippen LogP contribution in [0.25, 0.3) is 0 Å². The fourth-order valence-electron chi connectivity index (χ4n) is 2.08. The average molecular weight is 316 g/mol. The number of ether oxygens (including phenoxy) is 1. The van der Waals surface area contributed by atoms with Gasteiger partial charge in [-0.25, -0.2) is 14.2 Å². The molecule has 0 fully saturated rings. The SMILES string of the molecule is Cc1cn(C(=O)OC(C)(C)C)c(=O)n(Cc2ccccc2)c1=O. The van der Waals surface area contributed by atoms with Gasteiger partial charge in [0.15, 0.2) is 0 Å². The van der Waals surface area contributed by atoms with Crippen LogP contribution in [0.1, 0.15) is 31.9 Å². The summed E-state index contributed by atoms with van der Waals surface area (Å²) in [5, 5.41) is 0. The van der Waals surface area contributed by atoms with E-state index in [2.05, 4.69) is 0 Å². The van der Waals surface area contributed by atoms with Crippen LogP contribution in [0, 0.1) is 6.92 Å². The van der Waals surface area contributed by atoms with Crippen molar-refractivity contribution in [2.45, 2.75) is 39.8 Å². The number of hydrogen-bond donors (Lipinski definition) is 0. The first kappa shape index (κ1) is 16.7. The number of rotatable bonds is 2. The molecule has 6 heteroatoms. The first-order valence-electron chi connectivity index (χ1n) is 7.29. The molecule has 0 N–H and O–H groups in total. The van der Waals surface area contributed by atoms with Crippen molar-refractivity contribution >= 4 is 6.09 Å². The molecule has 0 amide bonds. The minimum Gasteiger partial charge on any atom is -0.443 e. The van der Waals surface area contributed by atoms with Crippen molar-refractivity contribution in [1.82, 2.24) is 9.13 Å². The van der Waals surface area contributed by atoms with Gasteiger partial charge >= 0.3 is 11.8 Å². The summed E-state index contributed by atoms with van der Waals surface area (Å²) in [5.74, 6) is 0. The highest BCUT2D eigenvalue weighted by Gasteiger charge is 2.21. The zero-order valence-electron chi connectivity index (χ0n) is 13.7. The molecule has 0 saturated carbocycles. The minimum atomic E-state index is -0.799. The van der Waals surface area contributed by atoms with Gasteiger partial charge < -0.3 is 4.74 Å². The Hall–Kier alpha value is -2.63. The molecule has 0 radical (unpaired) electrons. The lowest BCUT2D eigenvalue weighted by Gasteiger charge is -2.20. The van der Waals surface area contributed by atoms with E-state index in [-0.39, 0.29) is 6.54 Å². The minimum absolute atomic E-state index is 0.100. The van der Waals surface area contributed by atoms with Gasteiger partial charge in [-0.3, -0.25) is 9.36 Å². The molecule has 0 bridgehead atoms. The van der Waals surface area contributed by atoms with Crippen molar-refractivity contribution in [1.29, 1.82) is 0 Å². The second kappa shape index (κ2) is 6.24. The average Bonchev–Trinajstić information content (AvgIpc) is 2.46. The van der Waals surface area contributed by atoms with Crippen LogP contribution in [-0.4, -0.2) is 20.8 Å². The third kappa shape index (κ3) is 3.97. The number of aromatic nitrogens is 2. The molecule has 1 heterocycles. The van der Waals surface area contributed by atoms with Gasteiger partial charge in [0, 0.05) is 11.8 Å². The van der Waals surface area contributed by atoms with Gasteiger partial charge in [0.25, 0.3) is 5.56 Å². The number of hydrogen-bond acceptors (Lipinski definition) is 4. The summed E-state index contributed by atoms with van der Waals surface area (Å²) < 4.78 is 7.09. The lowest BCUT2D eigenvalue weighted by Crippen LogP contribution is -2.44. The van der Waals surface area contributed by atoms with Gasteiger partial charge in [-0.1, -0.05) is 30.3 Å². The maximum Gasteiger partial charge on any atom is 0.422 e. The first-order valence-corrected chi connectivity index (χ1v) is 7.29. The quantitative estimate of drug-likeness (QED) is 0.851. The summed E-state index contributed by atoms with van der Waals surface area (Å²) in [5.41, 5.74) is -0.762. The fraction of sp³-hybridized carbons (Fsp3) is 0.353. The zero-order chi connectivity index (χ0) is 17.2. The number of aryl methyl sites for hydroxylation is 1. The maximum atomic E-state index is 12.5. The van der Waals surface area contributed by atoms with Crippen LogP contribution in [-0.2, 0) is 11.3 Å². The summed E-state index contributed by atoms with van der Waals surface area (Å²) in [6.45, 7) is 6.79. The van der Waals surface area contributed by atoms with E-state index in [0.29, 0.717) is 5.56 Å². The van der Waals surface area contributed by atoms with Crippen LogP contribution in [0.15, 0.2) is 46.1 Å². The Morgan fingerprint density at radius 2 is 1.74 bits per heavy atom. The van der Waals surface area contributed by atoms with Crippen molar-refractivity contribution in [3.05, 3.63) is 68.5 Å². The second-order valence-electron chi connectivity index (χ2n) is 6.32. The molecule has 0 spiro atoms. The van der Waals surface area contributed by atoms with E-state index in [1.54, 1.807) is 27.7 Å². The Labute approximate surface area is 134 Å². The zero-order valence-corrected chi connectivity index (χ0v) is 13.7. The molecule has 1 aromatic carbocycles. The number of benzene rings is 1. The normalized spacial score (nSPS) is 11.3. The van der Waals surface area contributed by atoms with E-state index < -0.39 is 22.9 Å². The third-order valence-corrected chi connectivity index (χ3v) is 3.12. The van der Waals surface area contributed by atoms with Gasteiger partial charge in [-0.2, -0.15) is 0 Å². The molecule has 1 aromatic heterocycles. The molecular weight excluding hydrogens is 296 g/mol. The molecule has 0 atom stereocenters. The number of nitrogens with zero attached hydrogens (tertiary/aromatic N) is 2. The van der Waals surface area contributed by atoms with Crippen molar-refractivity contribution in [3.8, 4) is 0 Å². The molecular formula is C17H20N2O4. The summed E-state index contributed by atoms with van der Waals surface area (Å²) in [6, 6.07) is 9.12. The second-order valence-corrected chi connectivity index (χ2v) is 6.32. The summed E-state index contributed by atoms with van der Waals surface area (Å²) >= 11 is 0. The third-order valence-electron chi connectivity index (χ3n) is 3.12. The van der Waals surface area contributed by atoms with Gasteiger partial charge in [0.2, 0.25) is 0 Å². The monoisotopic (exact) mass is 316 g/mol. The summed E-state index contributed by atoms with van der Waals surface area (Å²) in [6.07, 6.45) is 0.424. The van der Waals surface area contributed by atoms with Gasteiger partial charge in [-0.15, -0.1) is 0 Å². The number of carbonyl (C=O) groups excluding carboxylic acids is 1. The summed E-state index contributed by atoms with van der Waals surface area (Å²) in [4.78, 5) is 36.9. The molecule has 0 unspecified atom stereocenters. The van der Waals surface area contributed by atoms with Gasteiger partial charge in [0.1, 0.15) is 5.60 Å². The fourth-order valence-corrected chi connectivity index (χ4v) is 2.08. The van der Waals surface area contributed by atoms with Crippen LogP contribution in [0.2, 0.25) is 0 Å². The Kier molecular flexibility index (Phi) is 4.54. The smallest absolute Gasteiger partial charge is 0.422 e. The van der Waals surface area contributed by atoms with E-state index >= 15 is 0 Å². The Morgan fingerprint density at radius 1 is 1.13 bits per heavy atom.